The summed E-state index contributed by atoms with van der Waals surface area (Å²) in [5, 5.41) is 4.85. The number of carbonyl (C=O) groups excluding carboxylic acids is 1. The molecule has 0 aliphatic carbocycles. The van der Waals surface area contributed by atoms with Crippen LogP contribution in [0, 0.1) is 0 Å². The smallest absolute Gasteiger partial charge is 0.223 e. The zero-order valence-electron chi connectivity index (χ0n) is 10.8. The Kier molecular flexibility index (Phi) is 5.43. The molecule has 0 radical (unpaired) electrons. The van der Waals surface area contributed by atoms with Crippen LogP contribution in [-0.4, -0.2) is 12.5 Å². The number of benzene rings is 1. The van der Waals surface area contributed by atoms with E-state index in [0.717, 1.165) is 9.35 Å². The largest absolute Gasteiger partial charge is 0.493 e. The minimum absolute atomic E-state index is 0.0292. The summed E-state index contributed by atoms with van der Waals surface area (Å²) in [6.07, 6.45) is 0.321. The fourth-order valence-electron chi connectivity index (χ4n) is 1.59. The van der Waals surface area contributed by atoms with Crippen molar-refractivity contribution in [1.29, 1.82) is 0 Å². The molecule has 0 unspecified atom stereocenters. The molecule has 6 heteroatoms. The number of nitrogens with two attached hydrogens (primary N) is 1. The summed E-state index contributed by atoms with van der Waals surface area (Å²) in [4.78, 5) is 12.8. The molecule has 0 bridgehead atoms. The Labute approximate surface area is 130 Å². The average molecular weight is 355 g/mol. The van der Waals surface area contributed by atoms with Crippen molar-refractivity contribution in [2.24, 2.45) is 0 Å². The normalized spacial score (nSPS) is 10.2. The molecule has 106 valence electrons. The number of nitrogens with one attached hydrogen (secondary N) is 1. The molecule has 1 amide bonds. The van der Waals surface area contributed by atoms with Crippen molar-refractivity contribution in [3.8, 4) is 5.75 Å². The monoisotopic (exact) mass is 354 g/mol. The summed E-state index contributed by atoms with van der Waals surface area (Å²) < 4.78 is 6.51. The molecule has 1 aromatic carbocycles. The van der Waals surface area contributed by atoms with E-state index in [0.29, 0.717) is 31.0 Å². The van der Waals surface area contributed by atoms with Crippen LogP contribution >= 0.6 is 27.3 Å². The standard InChI is InChI=1S/C14H15BrN2O2S/c15-10-6-13(20-9-10)8-17-14(18)4-5-19-12-3-1-2-11(16)7-12/h1-3,6-7,9H,4-5,8,16H2,(H,17,18). The van der Waals surface area contributed by atoms with Crippen LogP contribution in [0.1, 0.15) is 11.3 Å². The number of rotatable bonds is 6. The van der Waals surface area contributed by atoms with Gasteiger partial charge in [0.15, 0.2) is 0 Å². The van der Waals surface area contributed by atoms with E-state index in [1.807, 2.05) is 23.6 Å². The molecule has 0 spiro atoms. The van der Waals surface area contributed by atoms with Crippen LogP contribution < -0.4 is 15.8 Å². The third-order valence-corrected chi connectivity index (χ3v) is 4.24. The van der Waals surface area contributed by atoms with Gasteiger partial charge in [-0.15, -0.1) is 11.3 Å². The van der Waals surface area contributed by atoms with Gasteiger partial charge in [-0.2, -0.15) is 0 Å². The number of nitrogen functional groups attached to an aromatic ring is 1. The maximum absolute atomic E-state index is 11.7. The van der Waals surface area contributed by atoms with E-state index in [1.165, 1.54) is 0 Å². The number of halogens is 1. The Morgan fingerprint density at radius 3 is 2.95 bits per heavy atom. The second kappa shape index (κ2) is 7.31. The fourth-order valence-corrected chi connectivity index (χ4v) is 2.98. The van der Waals surface area contributed by atoms with Crippen molar-refractivity contribution in [2.75, 3.05) is 12.3 Å². The number of hydrogen-bond donors (Lipinski definition) is 2. The highest BCUT2D eigenvalue weighted by Gasteiger charge is 2.04. The van der Waals surface area contributed by atoms with Gasteiger partial charge in [0, 0.05) is 26.5 Å². The van der Waals surface area contributed by atoms with Crippen molar-refractivity contribution in [3.05, 3.63) is 45.1 Å². The van der Waals surface area contributed by atoms with Crippen molar-refractivity contribution in [1.82, 2.24) is 5.32 Å². The topological polar surface area (TPSA) is 64.3 Å². The third-order valence-electron chi connectivity index (χ3n) is 2.54. The summed E-state index contributed by atoms with van der Waals surface area (Å²) in [7, 11) is 0. The SMILES string of the molecule is Nc1cccc(OCCC(=O)NCc2cc(Br)cs2)c1. The first-order valence-corrected chi connectivity index (χ1v) is 7.79. The molecule has 3 N–H and O–H groups in total. The summed E-state index contributed by atoms with van der Waals surface area (Å²) >= 11 is 4.99. The first kappa shape index (κ1) is 14.9. The Hall–Kier alpha value is -1.53. The summed E-state index contributed by atoms with van der Waals surface area (Å²) in [6, 6.07) is 9.16. The van der Waals surface area contributed by atoms with Gasteiger partial charge in [-0.1, -0.05) is 6.07 Å². The van der Waals surface area contributed by atoms with Crippen LogP contribution in [0.25, 0.3) is 0 Å². The molecule has 2 rings (SSSR count). The first-order valence-electron chi connectivity index (χ1n) is 6.11. The summed E-state index contributed by atoms with van der Waals surface area (Å²) in [5.74, 6) is 0.651. The second-order valence-electron chi connectivity index (χ2n) is 4.18. The Morgan fingerprint density at radius 1 is 1.40 bits per heavy atom. The lowest BCUT2D eigenvalue weighted by Crippen LogP contribution is -2.24. The average Bonchev–Trinajstić information content (AvgIpc) is 2.82. The first-order chi connectivity index (χ1) is 9.63. The highest BCUT2D eigenvalue weighted by molar-refractivity contribution is 9.10. The number of thiophene rings is 1. The zero-order chi connectivity index (χ0) is 14.4. The molecule has 0 aliphatic heterocycles. The predicted molar refractivity (Wildman–Crippen MR) is 84.8 cm³/mol. The van der Waals surface area contributed by atoms with E-state index in [2.05, 4.69) is 21.2 Å². The summed E-state index contributed by atoms with van der Waals surface area (Å²) in [6.45, 7) is 0.886. The second-order valence-corrected chi connectivity index (χ2v) is 6.09. The number of anilines is 1. The fraction of sp³-hybridized carbons (Fsp3) is 0.214. The van der Waals surface area contributed by atoms with E-state index < -0.39 is 0 Å². The van der Waals surface area contributed by atoms with Gasteiger partial charge in [0.25, 0.3) is 0 Å². The number of amides is 1. The van der Waals surface area contributed by atoms with Crippen LogP contribution in [0.15, 0.2) is 40.2 Å². The van der Waals surface area contributed by atoms with Gasteiger partial charge in [0.2, 0.25) is 5.91 Å². The highest BCUT2D eigenvalue weighted by Crippen LogP contribution is 2.19. The van der Waals surface area contributed by atoms with Crippen molar-refractivity contribution < 1.29 is 9.53 Å². The molecule has 20 heavy (non-hydrogen) atoms. The van der Waals surface area contributed by atoms with E-state index in [1.54, 1.807) is 23.5 Å². The van der Waals surface area contributed by atoms with Gasteiger partial charge in [-0.3, -0.25) is 4.79 Å². The predicted octanol–water partition coefficient (Wildman–Crippen LogP) is 3.18. The molecule has 2 aromatic rings. The Bertz CT molecular complexity index is 586. The van der Waals surface area contributed by atoms with Crippen LogP contribution in [0.5, 0.6) is 5.75 Å². The van der Waals surface area contributed by atoms with Gasteiger partial charge in [-0.25, -0.2) is 0 Å². The van der Waals surface area contributed by atoms with Gasteiger partial charge >= 0.3 is 0 Å². The molecular formula is C14H15BrN2O2S. The van der Waals surface area contributed by atoms with E-state index >= 15 is 0 Å². The maximum atomic E-state index is 11.7. The molecule has 0 saturated heterocycles. The van der Waals surface area contributed by atoms with Crippen molar-refractivity contribution in [3.63, 3.8) is 0 Å². The van der Waals surface area contributed by atoms with Gasteiger partial charge in [0.1, 0.15) is 5.75 Å². The van der Waals surface area contributed by atoms with E-state index in [4.69, 9.17) is 10.5 Å². The lowest BCUT2D eigenvalue weighted by molar-refractivity contribution is -0.121. The summed E-state index contributed by atoms with van der Waals surface area (Å²) in [5.41, 5.74) is 6.29. The van der Waals surface area contributed by atoms with Crippen LogP contribution in [0.3, 0.4) is 0 Å². The van der Waals surface area contributed by atoms with Crippen LogP contribution in [0.4, 0.5) is 5.69 Å². The zero-order valence-corrected chi connectivity index (χ0v) is 13.2. The van der Waals surface area contributed by atoms with Crippen LogP contribution in [-0.2, 0) is 11.3 Å². The molecular weight excluding hydrogens is 340 g/mol. The van der Waals surface area contributed by atoms with Gasteiger partial charge < -0.3 is 15.8 Å². The van der Waals surface area contributed by atoms with E-state index in [9.17, 15) is 4.79 Å². The molecule has 0 saturated carbocycles. The molecule has 4 nitrogen and oxygen atoms in total. The van der Waals surface area contributed by atoms with Crippen LogP contribution in [0.2, 0.25) is 0 Å². The molecule has 1 aromatic heterocycles. The molecule has 0 fully saturated rings. The van der Waals surface area contributed by atoms with E-state index in [-0.39, 0.29) is 5.91 Å². The highest BCUT2D eigenvalue weighted by atomic mass is 79.9. The maximum Gasteiger partial charge on any atom is 0.223 e. The van der Waals surface area contributed by atoms with Crippen molar-refractivity contribution in [2.45, 2.75) is 13.0 Å². The lowest BCUT2D eigenvalue weighted by atomic mass is 10.3. The lowest BCUT2D eigenvalue weighted by Gasteiger charge is -2.07. The Balaban J connectivity index is 1.67. The quantitative estimate of drug-likeness (QED) is 0.783. The van der Waals surface area contributed by atoms with Gasteiger partial charge in [0.05, 0.1) is 19.6 Å². The molecule has 0 atom stereocenters. The number of hydrogen-bond acceptors (Lipinski definition) is 4. The minimum Gasteiger partial charge on any atom is -0.493 e. The number of carbonyl (C=O) groups is 1. The molecule has 1 heterocycles. The third kappa shape index (κ3) is 4.86. The van der Waals surface area contributed by atoms with Crippen molar-refractivity contribution >= 4 is 38.9 Å². The molecule has 0 aliphatic rings. The minimum atomic E-state index is -0.0292. The van der Waals surface area contributed by atoms with Gasteiger partial charge in [-0.05, 0) is 34.1 Å². The number of ether oxygens (including phenoxy) is 1. The Morgan fingerprint density at radius 2 is 2.25 bits per heavy atom.